The number of rotatable bonds is 5. The highest BCUT2D eigenvalue weighted by Gasteiger charge is 2.52. The van der Waals surface area contributed by atoms with Crippen molar-refractivity contribution in [1.29, 1.82) is 0 Å². The largest absolute Gasteiger partial charge is 0.463 e. The zero-order chi connectivity index (χ0) is 16.4. The van der Waals surface area contributed by atoms with Crippen molar-refractivity contribution in [3.05, 3.63) is 58.5 Å². The van der Waals surface area contributed by atoms with Crippen LogP contribution in [-0.4, -0.2) is 19.0 Å². The second-order valence-corrected chi connectivity index (χ2v) is 5.86. The summed E-state index contributed by atoms with van der Waals surface area (Å²) in [5, 5.41) is 0.629. The number of hydrogen-bond donors (Lipinski definition) is 0. The van der Waals surface area contributed by atoms with Crippen molar-refractivity contribution in [3.63, 3.8) is 0 Å². The lowest BCUT2D eigenvalue weighted by Crippen LogP contribution is -2.23. The Morgan fingerprint density at radius 3 is 2.48 bits per heavy atom. The molecule has 1 aliphatic rings. The number of carbonyl (C=O) groups is 2. The summed E-state index contributed by atoms with van der Waals surface area (Å²) in [7, 11) is 1.27. The molecule has 1 saturated carbocycles. The molecule has 1 fully saturated rings. The molecule has 1 aromatic heterocycles. The Morgan fingerprint density at radius 2 is 1.87 bits per heavy atom. The highest BCUT2D eigenvalue weighted by Crippen LogP contribution is 2.49. The molecule has 2 aromatic rings. The molecule has 3 rings (SSSR count). The van der Waals surface area contributed by atoms with Gasteiger partial charge in [-0.1, -0.05) is 23.7 Å². The van der Waals surface area contributed by atoms with Gasteiger partial charge in [0, 0.05) is 5.02 Å². The van der Waals surface area contributed by atoms with Crippen molar-refractivity contribution < 1.29 is 23.5 Å². The number of halogens is 1. The first-order valence-corrected chi connectivity index (χ1v) is 7.53. The van der Waals surface area contributed by atoms with Gasteiger partial charge < -0.3 is 13.9 Å². The van der Waals surface area contributed by atoms with E-state index in [9.17, 15) is 9.59 Å². The fourth-order valence-electron chi connectivity index (χ4n) is 2.45. The number of carbonyl (C=O) groups excluding carboxylic acids is 2. The Balaban J connectivity index is 1.64. The molecular formula is C17H15ClO5. The van der Waals surface area contributed by atoms with Crippen molar-refractivity contribution in [2.24, 2.45) is 0 Å². The van der Waals surface area contributed by atoms with Crippen molar-refractivity contribution in [2.45, 2.75) is 24.9 Å². The Hall–Kier alpha value is -2.27. The molecule has 23 heavy (non-hydrogen) atoms. The topological polar surface area (TPSA) is 65.7 Å². The van der Waals surface area contributed by atoms with Crippen LogP contribution in [-0.2, 0) is 26.3 Å². The molecule has 0 atom stereocenters. The molecule has 0 bridgehead atoms. The third-order valence-electron chi connectivity index (χ3n) is 3.93. The zero-order valence-corrected chi connectivity index (χ0v) is 13.3. The van der Waals surface area contributed by atoms with Crippen LogP contribution in [0.1, 0.15) is 34.7 Å². The highest BCUT2D eigenvalue weighted by molar-refractivity contribution is 6.30. The minimum Gasteiger partial charge on any atom is -0.463 e. The average molecular weight is 335 g/mol. The molecule has 1 aromatic carbocycles. The maximum Gasteiger partial charge on any atom is 0.373 e. The van der Waals surface area contributed by atoms with Gasteiger partial charge in [-0.15, -0.1) is 0 Å². The van der Waals surface area contributed by atoms with Crippen molar-refractivity contribution >= 4 is 23.5 Å². The lowest BCUT2D eigenvalue weighted by Gasteiger charge is -2.14. The van der Waals surface area contributed by atoms with E-state index in [1.165, 1.54) is 13.2 Å². The average Bonchev–Trinajstić information content (AvgIpc) is 3.24. The van der Waals surface area contributed by atoms with Gasteiger partial charge in [-0.05, 0) is 42.7 Å². The van der Waals surface area contributed by atoms with E-state index in [4.69, 9.17) is 20.8 Å². The maximum atomic E-state index is 12.4. The standard InChI is InChI=1S/C17H15ClO5/c1-21-15(19)14-7-6-13(23-14)10-22-16(20)17(8-9-17)11-2-4-12(18)5-3-11/h2-7H,8-10H2,1H3. The Kier molecular flexibility index (Phi) is 4.13. The minimum atomic E-state index is -0.581. The molecule has 0 spiro atoms. The smallest absolute Gasteiger partial charge is 0.373 e. The monoisotopic (exact) mass is 334 g/mol. The van der Waals surface area contributed by atoms with Crippen LogP contribution in [0.4, 0.5) is 0 Å². The second-order valence-electron chi connectivity index (χ2n) is 5.42. The van der Waals surface area contributed by atoms with Gasteiger partial charge in [-0.2, -0.15) is 0 Å². The van der Waals surface area contributed by atoms with E-state index in [2.05, 4.69) is 4.74 Å². The molecule has 1 heterocycles. The number of ether oxygens (including phenoxy) is 2. The van der Waals surface area contributed by atoms with Crippen LogP contribution in [0.5, 0.6) is 0 Å². The van der Waals surface area contributed by atoms with Gasteiger partial charge in [0.1, 0.15) is 12.4 Å². The summed E-state index contributed by atoms with van der Waals surface area (Å²) in [5.74, 6) is -0.388. The van der Waals surface area contributed by atoms with E-state index in [1.807, 2.05) is 12.1 Å². The number of furan rings is 1. The van der Waals surface area contributed by atoms with Gasteiger partial charge in [-0.3, -0.25) is 4.79 Å². The molecule has 1 aliphatic carbocycles. The van der Waals surface area contributed by atoms with Crippen molar-refractivity contribution in [1.82, 2.24) is 0 Å². The van der Waals surface area contributed by atoms with Crippen LogP contribution in [0.25, 0.3) is 0 Å². The van der Waals surface area contributed by atoms with E-state index in [1.54, 1.807) is 18.2 Å². The molecule has 0 N–H and O–H groups in total. The summed E-state index contributed by atoms with van der Waals surface area (Å²) in [4.78, 5) is 23.7. The van der Waals surface area contributed by atoms with Crippen LogP contribution in [0.15, 0.2) is 40.8 Å². The van der Waals surface area contributed by atoms with Gasteiger partial charge in [0.2, 0.25) is 5.76 Å². The molecule has 0 saturated heterocycles. The lowest BCUT2D eigenvalue weighted by molar-refractivity contribution is -0.148. The first-order chi connectivity index (χ1) is 11.0. The molecule has 120 valence electrons. The third-order valence-corrected chi connectivity index (χ3v) is 4.18. The predicted octanol–water partition coefficient (Wildman–Crippen LogP) is 3.49. The van der Waals surface area contributed by atoms with E-state index in [0.29, 0.717) is 10.8 Å². The van der Waals surface area contributed by atoms with E-state index in [-0.39, 0.29) is 18.3 Å². The van der Waals surface area contributed by atoms with Crippen molar-refractivity contribution in [3.8, 4) is 0 Å². The Morgan fingerprint density at radius 1 is 1.17 bits per heavy atom. The number of hydrogen-bond acceptors (Lipinski definition) is 5. The van der Waals surface area contributed by atoms with Gasteiger partial charge >= 0.3 is 11.9 Å². The van der Waals surface area contributed by atoms with Gasteiger partial charge in [0.25, 0.3) is 0 Å². The second kappa shape index (κ2) is 6.08. The number of esters is 2. The van der Waals surface area contributed by atoms with Gasteiger partial charge in [0.15, 0.2) is 0 Å². The van der Waals surface area contributed by atoms with E-state index >= 15 is 0 Å². The first kappa shape index (κ1) is 15.6. The molecule has 5 nitrogen and oxygen atoms in total. The highest BCUT2D eigenvalue weighted by atomic mass is 35.5. The zero-order valence-electron chi connectivity index (χ0n) is 12.5. The summed E-state index contributed by atoms with van der Waals surface area (Å²) in [6.45, 7) is -0.0227. The van der Waals surface area contributed by atoms with Gasteiger partial charge in [-0.25, -0.2) is 4.79 Å². The fraction of sp³-hybridized carbons (Fsp3) is 0.294. The van der Waals surface area contributed by atoms with Crippen LogP contribution >= 0.6 is 11.6 Å². The first-order valence-electron chi connectivity index (χ1n) is 7.15. The molecular weight excluding hydrogens is 320 g/mol. The van der Waals surface area contributed by atoms with E-state index < -0.39 is 11.4 Å². The normalized spacial score (nSPS) is 15.0. The van der Waals surface area contributed by atoms with Crippen LogP contribution in [0.2, 0.25) is 5.02 Å². The fourth-order valence-corrected chi connectivity index (χ4v) is 2.57. The molecule has 6 heteroatoms. The maximum absolute atomic E-state index is 12.4. The SMILES string of the molecule is COC(=O)c1ccc(COC(=O)C2(c3ccc(Cl)cc3)CC2)o1. The minimum absolute atomic E-state index is 0.0227. The third kappa shape index (κ3) is 3.10. The van der Waals surface area contributed by atoms with E-state index in [0.717, 1.165) is 18.4 Å². The molecule has 0 radical (unpaired) electrons. The molecule has 0 unspecified atom stereocenters. The molecule has 0 aliphatic heterocycles. The number of benzene rings is 1. The van der Waals surface area contributed by atoms with Crippen molar-refractivity contribution in [2.75, 3.05) is 7.11 Å². The Labute approximate surface area is 138 Å². The summed E-state index contributed by atoms with van der Waals surface area (Å²) >= 11 is 5.88. The summed E-state index contributed by atoms with van der Waals surface area (Å²) in [6, 6.07) is 10.3. The summed E-state index contributed by atoms with van der Waals surface area (Å²) in [5.41, 5.74) is 0.323. The predicted molar refractivity (Wildman–Crippen MR) is 82.2 cm³/mol. The number of methoxy groups -OCH3 is 1. The van der Waals surface area contributed by atoms with Crippen LogP contribution in [0.3, 0.4) is 0 Å². The van der Waals surface area contributed by atoms with Crippen LogP contribution in [0, 0.1) is 0 Å². The summed E-state index contributed by atoms with van der Waals surface area (Å²) < 4.78 is 15.2. The van der Waals surface area contributed by atoms with Gasteiger partial charge in [0.05, 0.1) is 12.5 Å². The summed E-state index contributed by atoms with van der Waals surface area (Å²) in [6.07, 6.45) is 1.50. The Bertz CT molecular complexity index is 728. The molecule has 0 amide bonds. The quantitative estimate of drug-likeness (QED) is 0.783. The lowest BCUT2D eigenvalue weighted by atomic mass is 9.96. The van der Waals surface area contributed by atoms with Crippen LogP contribution < -0.4 is 0 Å².